The van der Waals surface area contributed by atoms with Crippen LogP contribution >= 0.6 is 0 Å². The summed E-state index contributed by atoms with van der Waals surface area (Å²) >= 11 is 0. The molecule has 3 fully saturated rings. The van der Waals surface area contributed by atoms with Gasteiger partial charge in [-0.3, -0.25) is 14.5 Å². The number of nitrogens with zero attached hydrogens (tertiary/aromatic N) is 2. The molecule has 1 aromatic carbocycles. The zero-order chi connectivity index (χ0) is 32.4. The number of alkyl halides is 5. The van der Waals surface area contributed by atoms with Gasteiger partial charge in [0.25, 0.3) is 5.91 Å². The lowest BCUT2D eigenvalue weighted by atomic mass is 9.50. The highest BCUT2D eigenvalue weighted by Crippen LogP contribution is 2.70. The number of hydrogen-bond donors (Lipinski definition) is 2. The van der Waals surface area contributed by atoms with Crippen LogP contribution in [0.2, 0.25) is 0 Å². The maximum atomic E-state index is 15.2. The second kappa shape index (κ2) is 11.6. The number of piperazine rings is 1. The average Bonchev–Trinajstić information content (AvgIpc) is 3.28. The number of nitrogens with one attached hydrogen (secondary N) is 1. The van der Waals surface area contributed by atoms with Gasteiger partial charge >= 0.3 is 12.1 Å². The number of fused-ring (bicyclic) bond motifs is 4. The van der Waals surface area contributed by atoms with Crippen molar-refractivity contribution in [1.82, 2.24) is 15.1 Å². The van der Waals surface area contributed by atoms with Crippen LogP contribution < -0.4 is 5.32 Å². The molecule has 1 amide bonds. The number of rotatable bonds is 6. The summed E-state index contributed by atoms with van der Waals surface area (Å²) < 4.78 is 71.8. The SMILES string of the molecule is CN1CCN(CCNC(=O)c2ccc([C@H]3C[C@@]4(C)C(CC[C@]4(O)C(F)(F)C(F)(F)F)C4CCC5=CC(=O)CCC5=C43)cc2)CC1. The number of amides is 1. The summed E-state index contributed by atoms with van der Waals surface area (Å²) in [6.07, 6.45) is -2.98. The van der Waals surface area contributed by atoms with Crippen LogP contribution in [0.3, 0.4) is 0 Å². The van der Waals surface area contributed by atoms with E-state index in [0.29, 0.717) is 43.4 Å². The lowest BCUT2D eigenvalue weighted by molar-refractivity contribution is -0.362. The van der Waals surface area contributed by atoms with E-state index < -0.39 is 41.4 Å². The Hall–Kier alpha value is -2.63. The second-order valence-corrected chi connectivity index (χ2v) is 14.0. The number of carbonyl (C=O) groups is 2. The third kappa shape index (κ3) is 5.36. The molecular weight excluding hydrogens is 593 g/mol. The average molecular weight is 636 g/mol. The normalized spacial score (nSPS) is 32.9. The molecule has 0 bridgehead atoms. The Balaban J connectivity index is 1.30. The van der Waals surface area contributed by atoms with Crippen LogP contribution in [0.4, 0.5) is 22.0 Å². The van der Waals surface area contributed by atoms with Crippen molar-refractivity contribution in [2.24, 2.45) is 17.3 Å². The molecule has 1 aromatic rings. The smallest absolute Gasteiger partial charge is 0.383 e. The lowest BCUT2D eigenvalue weighted by Crippen LogP contribution is -2.65. The molecule has 5 aliphatic rings. The highest BCUT2D eigenvalue weighted by atomic mass is 19.4. The van der Waals surface area contributed by atoms with E-state index in [9.17, 15) is 27.9 Å². The van der Waals surface area contributed by atoms with E-state index in [2.05, 4.69) is 22.2 Å². The molecule has 45 heavy (non-hydrogen) atoms. The van der Waals surface area contributed by atoms with Gasteiger partial charge in [-0.15, -0.1) is 0 Å². The number of benzene rings is 1. The van der Waals surface area contributed by atoms with Gasteiger partial charge in [0, 0.05) is 62.6 Å². The third-order valence-electron chi connectivity index (χ3n) is 11.6. The summed E-state index contributed by atoms with van der Waals surface area (Å²) in [5.41, 5.74) is -0.876. The Labute approximate surface area is 260 Å². The van der Waals surface area contributed by atoms with E-state index in [0.717, 1.165) is 49.4 Å². The molecule has 0 radical (unpaired) electrons. The van der Waals surface area contributed by atoms with Gasteiger partial charge in [-0.2, -0.15) is 22.0 Å². The molecule has 1 aliphatic heterocycles. The predicted octanol–water partition coefficient (Wildman–Crippen LogP) is 5.49. The first-order chi connectivity index (χ1) is 21.2. The zero-order valence-electron chi connectivity index (χ0n) is 25.9. The number of ketones is 1. The quantitative estimate of drug-likeness (QED) is 0.405. The van der Waals surface area contributed by atoms with Crippen molar-refractivity contribution < 1.29 is 36.6 Å². The minimum absolute atomic E-state index is 0.0352. The van der Waals surface area contributed by atoms with Gasteiger partial charge in [0.15, 0.2) is 5.78 Å². The van der Waals surface area contributed by atoms with Crippen molar-refractivity contribution in [1.29, 1.82) is 0 Å². The number of hydrogen-bond acceptors (Lipinski definition) is 5. The molecule has 0 spiro atoms. The highest BCUT2D eigenvalue weighted by molar-refractivity contribution is 5.94. The van der Waals surface area contributed by atoms with Crippen molar-refractivity contribution in [3.63, 3.8) is 0 Å². The van der Waals surface area contributed by atoms with E-state index >= 15 is 8.78 Å². The summed E-state index contributed by atoms with van der Waals surface area (Å²) in [6.45, 7) is 6.48. The number of aliphatic hydroxyl groups is 1. The van der Waals surface area contributed by atoms with Crippen molar-refractivity contribution in [3.8, 4) is 0 Å². The lowest BCUT2D eigenvalue weighted by Gasteiger charge is -2.56. The maximum Gasteiger partial charge on any atom is 0.456 e. The summed E-state index contributed by atoms with van der Waals surface area (Å²) in [5.74, 6) is -6.86. The van der Waals surface area contributed by atoms with Gasteiger partial charge in [-0.05, 0) is 92.3 Å². The summed E-state index contributed by atoms with van der Waals surface area (Å²) in [6, 6.07) is 6.86. The Kier molecular flexibility index (Phi) is 8.30. The third-order valence-corrected chi connectivity index (χ3v) is 11.6. The number of likely N-dealkylation sites (N-methyl/N-ethyl adjacent to an activating group) is 1. The fourth-order valence-corrected chi connectivity index (χ4v) is 9.08. The Morgan fingerprint density at radius 2 is 1.71 bits per heavy atom. The molecule has 6 nitrogen and oxygen atoms in total. The fraction of sp³-hybridized carbons (Fsp3) is 0.647. The van der Waals surface area contributed by atoms with Crippen molar-refractivity contribution in [2.75, 3.05) is 46.3 Å². The van der Waals surface area contributed by atoms with E-state index in [1.807, 2.05) is 0 Å². The van der Waals surface area contributed by atoms with Gasteiger partial charge in [-0.1, -0.05) is 24.6 Å². The van der Waals surface area contributed by atoms with Gasteiger partial charge in [0.2, 0.25) is 0 Å². The van der Waals surface area contributed by atoms with E-state index in [1.165, 1.54) is 6.92 Å². The first-order valence-electron chi connectivity index (χ1n) is 16.1. The summed E-state index contributed by atoms with van der Waals surface area (Å²) in [5, 5.41) is 14.4. The van der Waals surface area contributed by atoms with Crippen molar-refractivity contribution in [2.45, 2.75) is 75.5 Å². The minimum atomic E-state index is -5.89. The maximum absolute atomic E-state index is 15.2. The van der Waals surface area contributed by atoms with Gasteiger partial charge in [0.1, 0.15) is 5.60 Å². The summed E-state index contributed by atoms with van der Waals surface area (Å²) in [4.78, 5) is 29.8. The molecule has 4 aliphatic carbocycles. The molecule has 2 N–H and O–H groups in total. The van der Waals surface area contributed by atoms with Crippen LogP contribution in [0, 0.1) is 17.3 Å². The first-order valence-corrected chi connectivity index (χ1v) is 16.1. The topological polar surface area (TPSA) is 72.9 Å². The molecular formula is C34H42F5N3O3. The largest absolute Gasteiger partial charge is 0.456 e. The molecule has 1 heterocycles. The molecule has 0 aromatic heterocycles. The monoisotopic (exact) mass is 635 g/mol. The van der Waals surface area contributed by atoms with Crippen LogP contribution in [-0.2, 0) is 4.79 Å². The first kappa shape index (κ1) is 32.3. The Morgan fingerprint density at radius 3 is 2.38 bits per heavy atom. The number of halogens is 5. The molecule has 1 saturated heterocycles. The van der Waals surface area contributed by atoms with Gasteiger partial charge in [0.05, 0.1) is 0 Å². The van der Waals surface area contributed by atoms with Crippen LogP contribution in [0.25, 0.3) is 0 Å². The Bertz CT molecular complexity index is 1400. The standard InChI is InChI=1S/C34H42F5N3O3/c1-31-20-27(21-3-5-22(6-4-21)30(44)40-13-14-42-17-15-41(2)16-18-42)29-25-10-8-24(43)19-23(25)7-9-26(29)28(31)11-12-32(31,45)33(35,36)34(37,38)39/h3-6,19,26-28,45H,7-18,20H2,1-2H3,(H,40,44)/t26?,27-,28?,31+,32-/m1/s1. The predicted molar refractivity (Wildman–Crippen MR) is 159 cm³/mol. The van der Waals surface area contributed by atoms with Gasteiger partial charge < -0.3 is 15.3 Å². The number of carbonyl (C=O) groups excluding carboxylic acids is 2. The summed E-state index contributed by atoms with van der Waals surface area (Å²) in [7, 11) is 2.08. The van der Waals surface area contributed by atoms with E-state index in [1.54, 1.807) is 30.3 Å². The van der Waals surface area contributed by atoms with Crippen molar-refractivity contribution >= 4 is 11.7 Å². The fourth-order valence-electron chi connectivity index (χ4n) is 9.08. The van der Waals surface area contributed by atoms with Crippen LogP contribution in [-0.4, -0.2) is 90.6 Å². The van der Waals surface area contributed by atoms with E-state index in [-0.39, 0.29) is 30.4 Å². The highest BCUT2D eigenvalue weighted by Gasteiger charge is 2.79. The molecule has 2 saturated carbocycles. The minimum Gasteiger partial charge on any atom is -0.383 e. The Morgan fingerprint density at radius 1 is 1.02 bits per heavy atom. The number of allylic oxidation sites excluding steroid dienone is 4. The molecule has 11 heteroatoms. The molecule has 5 atom stereocenters. The van der Waals surface area contributed by atoms with Crippen molar-refractivity contribution in [3.05, 3.63) is 58.2 Å². The molecule has 246 valence electrons. The van der Waals surface area contributed by atoms with Gasteiger partial charge in [-0.25, -0.2) is 0 Å². The van der Waals surface area contributed by atoms with Crippen LogP contribution in [0.15, 0.2) is 47.1 Å². The molecule has 6 rings (SSSR count). The van der Waals surface area contributed by atoms with Crippen LogP contribution in [0.1, 0.15) is 73.7 Å². The molecule has 2 unspecified atom stereocenters. The second-order valence-electron chi connectivity index (χ2n) is 14.0. The zero-order valence-corrected chi connectivity index (χ0v) is 25.9. The van der Waals surface area contributed by atoms with E-state index in [4.69, 9.17) is 0 Å². The van der Waals surface area contributed by atoms with Crippen LogP contribution in [0.5, 0.6) is 0 Å².